The smallest absolute Gasteiger partial charge is 0.243 e. The maximum absolute atomic E-state index is 12.2. The highest BCUT2D eigenvalue weighted by atomic mass is 79.9. The molecule has 1 aromatic carbocycles. The second kappa shape index (κ2) is 4.51. The van der Waals surface area contributed by atoms with Gasteiger partial charge in [-0.05, 0) is 30.7 Å². The van der Waals surface area contributed by atoms with Gasteiger partial charge in [-0.1, -0.05) is 15.9 Å². The Morgan fingerprint density at radius 2 is 2.06 bits per heavy atom. The third kappa shape index (κ3) is 2.43. The molecule has 0 bridgehead atoms. The van der Waals surface area contributed by atoms with Crippen LogP contribution in [0.3, 0.4) is 0 Å². The molecule has 6 heteroatoms. The van der Waals surface area contributed by atoms with E-state index in [1.54, 1.807) is 18.2 Å². The molecule has 0 aromatic heterocycles. The minimum absolute atomic E-state index is 0.00253. The SMILES string of the molecule is Cc1cc(S(=O)(=O)N2CCC(=O)C2)ccc1Br. The van der Waals surface area contributed by atoms with Crippen LogP contribution >= 0.6 is 15.9 Å². The predicted molar refractivity (Wildman–Crippen MR) is 67.3 cm³/mol. The summed E-state index contributed by atoms with van der Waals surface area (Å²) in [4.78, 5) is 11.4. The lowest BCUT2D eigenvalue weighted by Crippen LogP contribution is -2.28. The predicted octanol–water partition coefficient (Wildman–Crippen LogP) is 1.72. The van der Waals surface area contributed by atoms with Crippen LogP contribution in [-0.2, 0) is 14.8 Å². The summed E-state index contributed by atoms with van der Waals surface area (Å²) < 4.78 is 26.5. The van der Waals surface area contributed by atoms with Crippen molar-refractivity contribution in [3.63, 3.8) is 0 Å². The number of nitrogens with zero attached hydrogens (tertiary/aromatic N) is 1. The Morgan fingerprint density at radius 1 is 1.35 bits per heavy atom. The number of hydrogen-bond donors (Lipinski definition) is 0. The standard InChI is InChI=1S/C11H12BrNO3S/c1-8-6-10(2-3-11(8)12)17(15,16)13-5-4-9(14)7-13/h2-3,6H,4-5,7H2,1H3. The van der Waals surface area contributed by atoms with Gasteiger partial charge >= 0.3 is 0 Å². The lowest BCUT2D eigenvalue weighted by molar-refractivity contribution is -0.116. The van der Waals surface area contributed by atoms with E-state index in [1.807, 2.05) is 6.92 Å². The zero-order valence-corrected chi connectivity index (χ0v) is 11.7. The van der Waals surface area contributed by atoms with Gasteiger partial charge in [-0.2, -0.15) is 4.31 Å². The van der Waals surface area contributed by atoms with Gasteiger partial charge in [0.15, 0.2) is 0 Å². The zero-order chi connectivity index (χ0) is 12.6. The van der Waals surface area contributed by atoms with Crippen LogP contribution in [0.5, 0.6) is 0 Å². The Balaban J connectivity index is 2.38. The second-order valence-electron chi connectivity index (χ2n) is 4.04. The highest BCUT2D eigenvalue weighted by Gasteiger charge is 2.31. The van der Waals surface area contributed by atoms with Crippen LogP contribution in [0.1, 0.15) is 12.0 Å². The number of carbonyl (C=O) groups is 1. The molecule has 0 unspecified atom stereocenters. The summed E-state index contributed by atoms with van der Waals surface area (Å²) >= 11 is 3.33. The molecule has 0 spiro atoms. The second-order valence-corrected chi connectivity index (χ2v) is 6.83. The van der Waals surface area contributed by atoms with Crippen LogP contribution < -0.4 is 0 Å². The summed E-state index contributed by atoms with van der Waals surface area (Å²) in [5.74, 6) is -0.0255. The Labute approximate surface area is 109 Å². The van der Waals surface area contributed by atoms with Crippen molar-refractivity contribution in [1.29, 1.82) is 0 Å². The van der Waals surface area contributed by atoms with Crippen molar-refractivity contribution < 1.29 is 13.2 Å². The van der Waals surface area contributed by atoms with Gasteiger partial charge < -0.3 is 0 Å². The Hall–Kier alpha value is -0.720. The molecule has 0 aliphatic carbocycles. The highest BCUT2D eigenvalue weighted by Crippen LogP contribution is 2.24. The Bertz CT molecular complexity index is 568. The van der Waals surface area contributed by atoms with Gasteiger partial charge in [-0.15, -0.1) is 0 Å². The lowest BCUT2D eigenvalue weighted by atomic mass is 10.2. The molecular weight excluding hydrogens is 306 g/mol. The molecule has 2 rings (SSSR count). The number of carbonyl (C=O) groups excluding carboxylic acids is 1. The molecule has 0 N–H and O–H groups in total. The lowest BCUT2D eigenvalue weighted by Gasteiger charge is -2.15. The molecule has 17 heavy (non-hydrogen) atoms. The van der Waals surface area contributed by atoms with Gasteiger partial charge in [0.05, 0.1) is 11.4 Å². The first-order valence-electron chi connectivity index (χ1n) is 5.19. The van der Waals surface area contributed by atoms with Crippen molar-refractivity contribution in [2.45, 2.75) is 18.2 Å². The zero-order valence-electron chi connectivity index (χ0n) is 9.31. The van der Waals surface area contributed by atoms with Gasteiger partial charge in [-0.3, -0.25) is 4.79 Å². The van der Waals surface area contributed by atoms with Gasteiger partial charge in [-0.25, -0.2) is 8.42 Å². The average molecular weight is 318 g/mol. The fraction of sp³-hybridized carbons (Fsp3) is 0.364. The quantitative estimate of drug-likeness (QED) is 0.834. The van der Waals surface area contributed by atoms with Gasteiger partial charge in [0.2, 0.25) is 10.0 Å². The number of rotatable bonds is 2. The molecule has 0 saturated carbocycles. The largest absolute Gasteiger partial charge is 0.298 e. The fourth-order valence-corrected chi connectivity index (χ4v) is 3.49. The van der Waals surface area contributed by atoms with Crippen LogP contribution in [-0.4, -0.2) is 31.6 Å². The maximum Gasteiger partial charge on any atom is 0.243 e. The van der Waals surface area contributed by atoms with E-state index in [0.29, 0.717) is 6.42 Å². The van der Waals surface area contributed by atoms with Crippen molar-refractivity contribution in [3.05, 3.63) is 28.2 Å². The molecule has 1 aliphatic heterocycles. The van der Waals surface area contributed by atoms with E-state index in [1.165, 1.54) is 4.31 Å². The van der Waals surface area contributed by atoms with E-state index in [2.05, 4.69) is 15.9 Å². The summed E-state index contributed by atoms with van der Waals surface area (Å²) in [6.45, 7) is 2.12. The van der Waals surface area contributed by atoms with Crippen LogP contribution in [0.2, 0.25) is 0 Å². The van der Waals surface area contributed by atoms with Crippen molar-refractivity contribution in [1.82, 2.24) is 4.31 Å². The summed E-state index contributed by atoms with van der Waals surface area (Å²) in [6.07, 6.45) is 0.314. The number of ketones is 1. The molecule has 1 aromatic rings. The summed E-state index contributed by atoms with van der Waals surface area (Å²) in [5, 5.41) is 0. The first-order chi connectivity index (χ1) is 7.91. The average Bonchev–Trinajstić information content (AvgIpc) is 2.69. The van der Waals surface area contributed by atoms with Crippen molar-refractivity contribution in [2.75, 3.05) is 13.1 Å². The minimum Gasteiger partial charge on any atom is -0.298 e. The highest BCUT2D eigenvalue weighted by molar-refractivity contribution is 9.10. The van der Waals surface area contributed by atoms with E-state index in [0.717, 1.165) is 10.0 Å². The molecular formula is C11H12BrNO3S. The van der Waals surface area contributed by atoms with Gasteiger partial charge in [0.25, 0.3) is 0 Å². The topological polar surface area (TPSA) is 54.5 Å². The molecule has 0 atom stereocenters. The normalized spacial score (nSPS) is 17.6. The first kappa shape index (κ1) is 12.7. The number of aryl methyl sites for hydroxylation is 1. The number of hydrogen-bond acceptors (Lipinski definition) is 3. The summed E-state index contributed by atoms with van der Waals surface area (Å²) in [6, 6.07) is 4.87. The number of benzene rings is 1. The van der Waals surface area contributed by atoms with E-state index in [-0.39, 0.29) is 23.8 Å². The summed E-state index contributed by atoms with van der Waals surface area (Å²) in [5.41, 5.74) is 0.858. The molecule has 0 amide bonds. The van der Waals surface area contributed by atoms with Crippen molar-refractivity contribution in [2.24, 2.45) is 0 Å². The summed E-state index contributed by atoms with van der Waals surface area (Å²) in [7, 11) is -3.52. The fourth-order valence-electron chi connectivity index (χ4n) is 1.74. The third-order valence-corrected chi connectivity index (χ3v) is 5.49. The van der Waals surface area contributed by atoms with E-state index in [4.69, 9.17) is 0 Å². The number of Topliss-reactive ketones (excluding diaryl/α,β-unsaturated/α-hetero) is 1. The Kier molecular flexibility index (Phi) is 3.38. The molecule has 4 nitrogen and oxygen atoms in total. The van der Waals surface area contributed by atoms with Gasteiger partial charge in [0.1, 0.15) is 5.78 Å². The molecule has 1 saturated heterocycles. The minimum atomic E-state index is -3.52. The van der Waals surface area contributed by atoms with Crippen LogP contribution in [0.25, 0.3) is 0 Å². The van der Waals surface area contributed by atoms with Crippen LogP contribution in [0.15, 0.2) is 27.6 Å². The molecule has 1 aliphatic rings. The monoisotopic (exact) mass is 317 g/mol. The van der Waals surface area contributed by atoms with E-state index >= 15 is 0 Å². The molecule has 1 heterocycles. The molecule has 92 valence electrons. The Morgan fingerprint density at radius 3 is 2.59 bits per heavy atom. The maximum atomic E-state index is 12.2. The van der Waals surface area contributed by atoms with Crippen LogP contribution in [0.4, 0.5) is 0 Å². The van der Waals surface area contributed by atoms with Gasteiger partial charge in [0, 0.05) is 17.4 Å². The molecule has 0 radical (unpaired) electrons. The first-order valence-corrected chi connectivity index (χ1v) is 7.42. The van der Waals surface area contributed by atoms with Crippen molar-refractivity contribution in [3.8, 4) is 0 Å². The van der Waals surface area contributed by atoms with E-state index in [9.17, 15) is 13.2 Å². The van der Waals surface area contributed by atoms with Crippen LogP contribution in [0, 0.1) is 6.92 Å². The van der Waals surface area contributed by atoms with Crippen molar-refractivity contribution >= 4 is 31.7 Å². The number of halogens is 1. The van der Waals surface area contributed by atoms with E-state index < -0.39 is 10.0 Å². The third-order valence-electron chi connectivity index (χ3n) is 2.76. The molecule has 1 fully saturated rings. The number of sulfonamides is 1.